The van der Waals surface area contributed by atoms with Crippen LogP contribution in [0.15, 0.2) is 170 Å². The highest BCUT2D eigenvalue weighted by molar-refractivity contribution is 7.25. The van der Waals surface area contributed by atoms with Crippen LogP contribution in [-0.4, -0.2) is 11.7 Å². The summed E-state index contributed by atoms with van der Waals surface area (Å²) in [6.07, 6.45) is -0.323. The fraction of sp³-hybridized carbons (Fsp3) is 0.0222. The van der Waals surface area contributed by atoms with Crippen LogP contribution in [-0.2, 0) is 0 Å². The maximum Gasteiger partial charge on any atom is 0.159 e. The topological polar surface area (TPSA) is 63.0 Å². The molecule has 0 bridgehead atoms. The predicted molar refractivity (Wildman–Crippen MR) is 211 cm³/mol. The molecule has 6 heteroatoms. The number of nitrogens with one attached hydrogen (secondary N) is 1. The minimum Gasteiger partial charge on any atom is -0.456 e. The van der Waals surface area contributed by atoms with Crippen LogP contribution in [0.2, 0.25) is 0 Å². The molecule has 1 atom stereocenters. The molecule has 3 aromatic heterocycles. The quantitative estimate of drug-likeness (QED) is 0.202. The molecule has 5 nitrogen and oxygen atoms in total. The molecule has 7 aromatic carbocycles. The molecule has 1 aliphatic heterocycles. The van der Waals surface area contributed by atoms with Crippen molar-refractivity contribution in [2.75, 3.05) is 0 Å². The number of hydrogen-bond donors (Lipinski definition) is 1. The second kappa shape index (κ2) is 11.0. The lowest BCUT2D eigenvalue weighted by atomic mass is 9.95. The highest BCUT2D eigenvalue weighted by atomic mass is 32.1. The van der Waals surface area contributed by atoms with Crippen LogP contribution in [0.3, 0.4) is 0 Å². The van der Waals surface area contributed by atoms with Crippen molar-refractivity contribution in [1.82, 2.24) is 5.32 Å². The van der Waals surface area contributed by atoms with Gasteiger partial charge in [0.2, 0.25) is 0 Å². The average Bonchev–Trinajstić information content (AvgIpc) is 3.88. The van der Waals surface area contributed by atoms with Crippen LogP contribution in [0, 0.1) is 0 Å². The summed E-state index contributed by atoms with van der Waals surface area (Å²) < 4.78 is 15.2. The Hall–Kier alpha value is -6.50. The van der Waals surface area contributed by atoms with E-state index in [9.17, 15) is 0 Å². The second-order valence-corrected chi connectivity index (χ2v) is 14.0. The van der Waals surface area contributed by atoms with E-state index in [1.54, 1.807) is 11.3 Å². The first kappa shape index (κ1) is 28.3. The lowest BCUT2D eigenvalue weighted by molar-refractivity contribution is 0.668. The van der Waals surface area contributed by atoms with Crippen molar-refractivity contribution in [2.24, 2.45) is 9.98 Å². The third-order valence-corrected chi connectivity index (χ3v) is 11.1. The molecule has 1 aliphatic rings. The molecule has 51 heavy (non-hydrogen) atoms. The molecular formula is C45H27N3O2S. The van der Waals surface area contributed by atoms with Crippen LogP contribution in [0.25, 0.3) is 75.2 Å². The third-order valence-electron chi connectivity index (χ3n) is 9.96. The fourth-order valence-electron chi connectivity index (χ4n) is 7.58. The summed E-state index contributed by atoms with van der Waals surface area (Å²) >= 11 is 1.80. The van der Waals surface area contributed by atoms with E-state index in [1.165, 1.54) is 20.2 Å². The zero-order chi connectivity index (χ0) is 33.5. The molecule has 1 unspecified atom stereocenters. The summed E-state index contributed by atoms with van der Waals surface area (Å²) in [4.78, 5) is 10.5. The number of hydrogen-bond acceptors (Lipinski definition) is 6. The molecule has 1 N–H and O–H groups in total. The number of rotatable bonds is 4. The van der Waals surface area contributed by atoms with Gasteiger partial charge in [-0.15, -0.1) is 11.3 Å². The van der Waals surface area contributed by atoms with Gasteiger partial charge >= 0.3 is 0 Å². The zero-order valence-electron chi connectivity index (χ0n) is 27.1. The SMILES string of the molecule is c1ccc(C2N=C(c3ccc4c(c3)sc3ccccc34)N=C(c3cccc4oc5cccc(-c6ccc7oc8ccccc8c7c6)c5c34)N2)cc1. The molecule has 0 fully saturated rings. The minimum atomic E-state index is -0.323. The van der Waals surface area contributed by atoms with E-state index in [4.69, 9.17) is 18.8 Å². The summed E-state index contributed by atoms with van der Waals surface area (Å²) in [5, 5.41) is 10.5. The Morgan fingerprint density at radius 3 is 2.04 bits per heavy atom. The largest absolute Gasteiger partial charge is 0.456 e. The first-order chi connectivity index (χ1) is 25.2. The first-order valence-corrected chi connectivity index (χ1v) is 17.8. The molecule has 10 aromatic rings. The summed E-state index contributed by atoms with van der Waals surface area (Å²) in [5.74, 6) is 1.45. The van der Waals surface area contributed by atoms with Crippen molar-refractivity contribution in [3.8, 4) is 11.1 Å². The first-order valence-electron chi connectivity index (χ1n) is 17.0. The summed E-state index contributed by atoms with van der Waals surface area (Å²) in [6.45, 7) is 0. The van der Waals surface area contributed by atoms with Crippen molar-refractivity contribution in [3.05, 3.63) is 168 Å². The standard InChI is InChI=1S/C45H27N3O2S/c1-2-10-26(11-3-1)43-46-44(28-20-22-32-31-13-5-7-19-39(31)51-40(32)25-28)48-45(47-43)33-15-9-18-38-42(33)41-29(14-8-17-37(41)50-38)27-21-23-36-34(24-27)30-12-4-6-16-35(30)49-36/h1-25,43H,(H,46,47,48). The Balaban J connectivity index is 1.11. The van der Waals surface area contributed by atoms with Gasteiger partial charge in [-0.2, -0.15) is 0 Å². The molecule has 11 rings (SSSR count). The molecule has 0 aliphatic carbocycles. The number of nitrogens with zero attached hydrogens (tertiary/aromatic N) is 2. The number of benzene rings is 7. The number of para-hydroxylation sites is 1. The van der Waals surface area contributed by atoms with Gasteiger partial charge in [0.25, 0.3) is 0 Å². The average molecular weight is 674 g/mol. The molecule has 0 radical (unpaired) electrons. The van der Waals surface area contributed by atoms with Crippen LogP contribution in [0.5, 0.6) is 0 Å². The van der Waals surface area contributed by atoms with Gasteiger partial charge in [0.15, 0.2) is 5.84 Å². The van der Waals surface area contributed by atoms with E-state index in [0.717, 1.165) is 77.5 Å². The summed E-state index contributed by atoms with van der Waals surface area (Å²) in [7, 11) is 0. The van der Waals surface area contributed by atoms with Crippen LogP contribution < -0.4 is 5.32 Å². The Morgan fingerprint density at radius 2 is 1.16 bits per heavy atom. The normalized spacial score (nSPS) is 14.9. The van der Waals surface area contributed by atoms with Crippen molar-refractivity contribution >= 4 is 87.1 Å². The van der Waals surface area contributed by atoms with Crippen LogP contribution in [0.1, 0.15) is 22.9 Å². The molecular weight excluding hydrogens is 647 g/mol. The number of furan rings is 2. The fourth-order valence-corrected chi connectivity index (χ4v) is 8.73. The maximum atomic E-state index is 6.56. The monoisotopic (exact) mass is 673 g/mol. The molecule has 0 saturated heterocycles. The van der Waals surface area contributed by atoms with Gasteiger partial charge in [0, 0.05) is 52.8 Å². The lowest BCUT2D eigenvalue weighted by Crippen LogP contribution is -2.33. The molecule has 0 saturated carbocycles. The van der Waals surface area contributed by atoms with Gasteiger partial charge < -0.3 is 14.2 Å². The second-order valence-electron chi connectivity index (χ2n) is 12.9. The van der Waals surface area contributed by atoms with E-state index in [0.29, 0.717) is 5.84 Å². The summed E-state index contributed by atoms with van der Waals surface area (Å²) in [6, 6.07) is 52.6. The van der Waals surface area contributed by atoms with Gasteiger partial charge in [-0.05, 0) is 59.2 Å². The van der Waals surface area contributed by atoms with Gasteiger partial charge in [-0.1, -0.05) is 109 Å². The zero-order valence-corrected chi connectivity index (χ0v) is 27.9. The summed E-state index contributed by atoms with van der Waals surface area (Å²) in [5.41, 5.74) is 8.59. The number of amidine groups is 2. The Bertz CT molecular complexity index is 3070. The van der Waals surface area contributed by atoms with E-state index in [-0.39, 0.29) is 6.17 Å². The van der Waals surface area contributed by atoms with Crippen molar-refractivity contribution in [2.45, 2.75) is 6.17 Å². The number of fused-ring (bicyclic) bond motifs is 9. The van der Waals surface area contributed by atoms with Gasteiger partial charge in [-0.3, -0.25) is 0 Å². The van der Waals surface area contributed by atoms with Gasteiger partial charge in [0.1, 0.15) is 34.3 Å². The molecule has 4 heterocycles. The maximum absolute atomic E-state index is 6.56. The highest BCUT2D eigenvalue weighted by Gasteiger charge is 2.25. The van der Waals surface area contributed by atoms with Crippen molar-refractivity contribution < 1.29 is 8.83 Å². The van der Waals surface area contributed by atoms with E-state index >= 15 is 0 Å². The smallest absolute Gasteiger partial charge is 0.159 e. The molecule has 0 amide bonds. The number of thiophene rings is 1. The molecule has 240 valence electrons. The Labute approximate surface area is 295 Å². The highest BCUT2D eigenvalue weighted by Crippen LogP contribution is 2.41. The Kier molecular flexibility index (Phi) is 6.12. The van der Waals surface area contributed by atoms with Crippen molar-refractivity contribution in [3.63, 3.8) is 0 Å². The van der Waals surface area contributed by atoms with Crippen molar-refractivity contribution in [1.29, 1.82) is 0 Å². The van der Waals surface area contributed by atoms with Gasteiger partial charge in [0.05, 0.1) is 0 Å². The lowest BCUT2D eigenvalue weighted by Gasteiger charge is -2.24. The van der Waals surface area contributed by atoms with E-state index in [1.807, 2.05) is 36.4 Å². The van der Waals surface area contributed by atoms with Crippen LogP contribution >= 0.6 is 11.3 Å². The van der Waals surface area contributed by atoms with E-state index in [2.05, 4.69) is 121 Å². The van der Waals surface area contributed by atoms with Gasteiger partial charge in [-0.25, -0.2) is 9.98 Å². The minimum absolute atomic E-state index is 0.323. The predicted octanol–water partition coefficient (Wildman–Crippen LogP) is 12.0. The third kappa shape index (κ3) is 4.47. The van der Waals surface area contributed by atoms with E-state index < -0.39 is 0 Å². The Morgan fingerprint density at radius 1 is 0.490 bits per heavy atom. The number of aliphatic imine (C=N–C) groups is 2. The van der Waals surface area contributed by atoms with Crippen LogP contribution in [0.4, 0.5) is 0 Å². The molecule has 0 spiro atoms.